The molecule has 0 aliphatic heterocycles. The SMILES string of the molecule is C=CCOCC(NC(=O)c1cc(Cl)cn1C)C(=O)O. The number of halogens is 1. The number of carbonyl (C=O) groups is 2. The Bertz CT molecular complexity index is 484. The number of aliphatic carboxylic acids is 1. The number of aryl methyl sites for hydroxylation is 1. The highest BCUT2D eigenvalue weighted by atomic mass is 35.5. The topological polar surface area (TPSA) is 80.6 Å². The molecule has 19 heavy (non-hydrogen) atoms. The second-order valence-electron chi connectivity index (χ2n) is 3.84. The molecule has 0 aliphatic carbocycles. The first kappa shape index (κ1) is 15.3. The Hall–Kier alpha value is -1.79. The molecule has 1 heterocycles. The summed E-state index contributed by atoms with van der Waals surface area (Å²) in [5, 5.41) is 11.8. The van der Waals surface area contributed by atoms with Crippen LogP contribution in [0.3, 0.4) is 0 Å². The van der Waals surface area contributed by atoms with E-state index in [0.717, 1.165) is 0 Å². The highest BCUT2D eigenvalue weighted by molar-refractivity contribution is 6.31. The third-order valence-corrected chi connectivity index (χ3v) is 2.53. The molecule has 1 aromatic rings. The van der Waals surface area contributed by atoms with Crippen molar-refractivity contribution in [2.75, 3.05) is 13.2 Å². The number of rotatable bonds is 7. The van der Waals surface area contributed by atoms with Crippen LogP contribution in [0.25, 0.3) is 0 Å². The maximum Gasteiger partial charge on any atom is 0.328 e. The van der Waals surface area contributed by atoms with Crippen LogP contribution in [-0.2, 0) is 16.6 Å². The van der Waals surface area contributed by atoms with Gasteiger partial charge in [-0.2, -0.15) is 0 Å². The summed E-state index contributed by atoms with van der Waals surface area (Å²) in [7, 11) is 1.64. The lowest BCUT2D eigenvalue weighted by Gasteiger charge is -2.14. The minimum atomic E-state index is -1.17. The molecule has 0 fully saturated rings. The number of carbonyl (C=O) groups excluding carboxylic acids is 1. The average Bonchev–Trinajstić information content (AvgIpc) is 2.67. The van der Waals surface area contributed by atoms with E-state index in [9.17, 15) is 9.59 Å². The fourth-order valence-corrected chi connectivity index (χ4v) is 1.68. The molecule has 0 spiro atoms. The standard InChI is InChI=1S/C12H15ClN2O4/c1-3-4-19-7-9(12(17)18)14-11(16)10-5-8(13)6-15(10)2/h3,5-6,9H,1,4,7H2,2H3,(H,14,16)(H,17,18). The second kappa shape index (κ2) is 6.96. The summed E-state index contributed by atoms with van der Waals surface area (Å²) in [6, 6.07) is 0.335. The van der Waals surface area contributed by atoms with Crippen LogP contribution in [-0.4, -0.2) is 40.8 Å². The number of hydrogen-bond acceptors (Lipinski definition) is 3. The smallest absolute Gasteiger partial charge is 0.328 e. The third kappa shape index (κ3) is 4.42. The quantitative estimate of drug-likeness (QED) is 0.580. The number of ether oxygens (including phenoxy) is 1. The first-order valence-corrected chi connectivity index (χ1v) is 5.87. The number of nitrogens with one attached hydrogen (secondary N) is 1. The largest absolute Gasteiger partial charge is 0.480 e. The molecule has 2 N–H and O–H groups in total. The van der Waals surface area contributed by atoms with Gasteiger partial charge in [-0.3, -0.25) is 4.79 Å². The number of carboxylic acid groups (broad SMARTS) is 1. The Kier molecular flexibility index (Phi) is 5.59. The molecule has 0 bridgehead atoms. The van der Waals surface area contributed by atoms with E-state index in [0.29, 0.717) is 5.02 Å². The summed E-state index contributed by atoms with van der Waals surface area (Å²) in [5.41, 5.74) is 0.278. The zero-order chi connectivity index (χ0) is 14.4. The van der Waals surface area contributed by atoms with Crippen molar-refractivity contribution >= 4 is 23.5 Å². The highest BCUT2D eigenvalue weighted by Crippen LogP contribution is 2.12. The van der Waals surface area contributed by atoms with Crippen molar-refractivity contribution in [3.8, 4) is 0 Å². The molecule has 1 atom stereocenters. The molecular weight excluding hydrogens is 272 g/mol. The number of amides is 1. The molecule has 0 radical (unpaired) electrons. The Balaban J connectivity index is 2.68. The summed E-state index contributed by atoms with van der Waals surface area (Å²) < 4.78 is 6.55. The lowest BCUT2D eigenvalue weighted by atomic mass is 10.3. The highest BCUT2D eigenvalue weighted by Gasteiger charge is 2.22. The van der Waals surface area contributed by atoms with Crippen LogP contribution >= 0.6 is 11.6 Å². The van der Waals surface area contributed by atoms with Gasteiger partial charge in [-0.25, -0.2) is 4.79 Å². The maximum atomic E-state index is 11.9. The van der Waals surface area contributed by atoms with Crippen LogP contribution in [0.15, 0.2) is 24.9 Å². The first-order chi connectivity index (χ1) is 8.95. The molecule has 7 heteroatoms. The number of hydrogen-bond donors (Lipinski definition) is 2. The van der Waals surface area contributed by atoms with Crippen molar-refractivity contribution in [3.63, 3.8) is 0 Å². The number of aromatic nitrogens is 1. The van der Waals surface area contributed by atoms with Crippen LogP contribution in [0.1, 0.15) is 10.5 Å². The van der Waals surface area contributed by atoms with Crippen molar-refractivity contribution in [3.05, 3.63) is 35.6 Å². The van der Waals surface area contributed by atoms with Gasteiger partial charge in [0.05, 0.1) is 18.2 Å². The van der Waals surface area contributed by atoms with E-state index in [1.165, 1.54) is 16.7 Å². The summed E-state index contributed by atoms with van der Waals surface area (Å²) in [5.74, 6) is -1.69. The van der Waals surface area contributed by atoms with E-state index in [2.05, 4.69) is 11.9 Å². The van der Waals surface area contributed by atoms with Gasteiger partial charge < -0.3 is 19.7 Å². The Morgan fingerprint density at radius 2 is 2.37 bits per heavy atom. The van der Waals surface area contributed by atoms with Crippen LogP contribution in [0, 0.1) is 0 Å². The molecule has 104 valence electrons. The molecule has 1 rings (SSSR count). The van der Waals surface area contributed by atoms with Gasteiger partial charge in [-0.1, -0.05) is 17.7 Å². The van der Waals surface area contributed by atoms with Crippen LogP contribution in [0.4, 0.5) is 0 Å². The summed E-state index contributed by atoms with van der Waals surface area (Å²) in [6.45, 7) is 3.53. The van der Waals surface area contributed by atoms with Gasteiger partial charge in [-0.05, 0) is 6.07 Å². The van der Waals surface area contributed by atoms with Crippen LogP contribution in [0.2, 0.25) is 5.02 Å². The van der Waals surface area contributed by atoms with Crippen molar-refractivity contribution < 1.29 is 19.4 Å². The van der Waals surface area contributed by atoms with Crippen molar-refractivity contribution in [1.29, 1.82) is 0 Å². The van der Waals surface area contributed by atoms with Crippen molar-refractivity contribution in [2.24, 2.45) is 7.05 Å². The van der Waals surface area contributed by atoms with Gasteiger partial charge in [0.15, 0.2) is 6.04 Å². The van der Waals surface area contributed by atoms with Gasteiger partial charge in [0.1, 0.15) is 5.69 Å². The minimum absolute atomic E-state index is 0.134. The lowest BCUT2D eigenvalue weighted by molar-refractivity contribution is -0.140. The molecule has 1 aromatic heterocycles. The number of carboxylic acids is 1. The minimum Gasteiger partial charge on any atom is -0.480 e. The molecule has 1 unspecified atom stereocenters. The van der Waals surface area contributed by atoms with E-state index in [-0.39, 0.29) is 18.9 Å². The normalized spacial score (nSPS) is 11.9. The predicted octanol–water partition coefficient (Wildman–Crippen LogP) is 1.06. The van der Waals surface area contributed by atoms with Crippen LogP contribution < -0.4 is 5.32 Å². The molecule has 0 saturated carbocycles. The van der Waals surface area contributed by atoms with Gasteiger partial charge >= 0.3 is 5.97 Å². The Morgan fingerprint density at radius 1 is 1.68 bits per heavy atom. The van der Waals surface area contributed by atoms with Gasteiger partial charge in [-0.15, -0.1) is 6.58 Å². The molecule has 0 saturated heterocycles. The summed E-state index contributed by atoms with van der Waals surface area (Å²) in [4.78, 5) is 22.9. The molecule has 0 aliphatic rings. The van der Waals surface area contributed by atoms with Gasteiger partial charge in [0.25, 0.3) is 5.91 Å². The molecule has 0 aromatic carbocycles. The van der Waals surface area contributed by atoms with E-state index in [1.54, 1.807) is 13.2 Å². The Labute approximate surface area is 115 Å². The Morgan fingerprint density at radius 3 is 2.84 bits per heavy atom. The predicted molar refractivity (Wildman–Crippen MR) is 70.3 cm³/mol. The number of nitrogens with zero attached hydrogens (tertiary/aromatic N) is 1. The zero-order valence-corrected chi connectivity index (χ0v) is 11.2. The van der Waals surface area contributed by atoms with E-state index in [1.807, 2.05) is 0 Å². The maximum absolute atomic E-state index is 11.9. The summed E-state index contributed by atoms with van der Waals surface area (Å²) in [6.07, 6.45) is 3.05. The fourth-order valence-electron chi connectivity index (χ4n) is 1.43. The molecule has 6 nitrogen and oxygen atoms in total. The average molecular weight is 287 g/mol. The fraction of sp³-hybridized carbons (Fsp3) is 0.333. The second-order valence-corrected chi connectivity index (χ2v) is 4.28. The lowest BCUT2D eigenvalue weighted by Crippen LogP contribution is -2.44. The van der Waals surface area contributed by atoms with Gasteiger partial charge in [0, 0.05) is 13.2 Å². The van der Waals surface area contributed by atoms with Crippen LogP contribution in [0.5, 0.6) is 0 Å². The van der Waals surface area contributed by atoms with Crippen molar-refractivity contribution in [1.82, 2.24) is 9.88 Å². The zero-order valence-electron chi connectivity index (χ0n) is 10.4. The third-order valence-electron chi connectivity index (χ3n) is 2.33. The molecule has 1 amide bonds. The van der Waals surface area contributed by atoms with Crippen molar-refractivity contribution in [2.45, 2.75) is 6.04 Å². The van der Waals surface area contributed by atoms with E-state index >= 15 is 0 Å². The first-order valence-electron chi connectivity index (χ1n) is 5.50. The summed E-state index contributed by atoms with van der Waals surface area (Å²) >= 11 is 5.76. The monoisotopic (exact) mass is 286 g/mol. The molecular formula is C12H15ClN2O4. The van der Waals surface area contributed by atoms with E-state index < -0.39 is 17.9 Å². The van der Waals surface area contributed by atoms with Gasteiger partial charge in [0.2, 0.25) is 0 Å². The van der Waals surface area contributed by atoms with E-state index in [4.69, 9.17) is 21.4 Å².